The number of fused-ring (bicyclic) bond motifs is 1. The molecule has 3 rings (SSSR count). The van der Waals surface area contributed by atoms with Crippen LogP contribution in [0.5, 0.6) is 0 Å². The molecular formula is C8H11BrO. The largest absolute Gasteiger partial charge is 0.396 e. The smallest absolute Gasteiger partial charge is 0.0465 e. The van der Waals surface area contributed by atoms with Gasteiger partial charge in [-0.3, -0.25) is 0 Å². The summed E-state index contributed by atoms with van der Waals surface area (Å²) in [5, 5.41) is 8.91. The Balaban J connectivity index is 1.80. The molecule has 0 aromatic heterocycles. The third-order valence-corrected chi connectivity index (χ3v) is 5.13. The van der Waals surface area contributed by atoms with E-state index in [-0.39, 0.29) is 0 Å². The Morgan fingerprint density at radius 1 is 1.40 bits per heavy atom. The van der Waals surface area contributed by atoms with Gasteiger partial charge in [-0.15, -0.1) is 0 Å². The molecule has 2 spiro atoms. The predicted octanol–water partition coefficient (Wildman–Crippen LogP) is 1.54. The molecule has 3 saturated carbocycles. The van der Waals surface area contributed by atoms with E-state index >= 15 is 0 Å². The normalized spacial score (nSPS) is 69.0. The highest BCUT2D eigenvalue weighted by atomic mass is 79.9. The zero-order valence-electron chi connectivity index (χ0n) is 5.81. The van der Waals surface area contributed by atoms with Crippen LogP contribution in [0.2, 0.25) is 0 Å². The van der Waals surface area contributed by atoms with Crippen LogP contribution in [0.25, 0.3) is 0 Å². The van der Waals surface area contributed by atoms with E-state index in [0.717, 1.165) is 4.83 Å². The van der Waals surface area contributed by atoms with E-state index in [1.807, 2.05) is 0 Å². The molecule has 3 aliphatic rings. The van der Waals surface area contributed by atoms with Gasteiger partial charge in [-0.05, 0) is 36.0 Å². The zero-order valence-corrected chi connectivity index (χ0v) is 7.39. The third-order valence-electron chi connectivity index (χ3n) is 3.93. The minimum Gasteiger partial charge on any atom is -0.396 e. The van der Waals surface area contributed by atoms with Crippen LogP contribution >= 0.6 is 15.9 Å². The molecule has 0 saturated heterocycles. The van der Waals surface area contributed by atoms with E-state index in [1.165, 1.54) is 19.3 Å². The van der Waals surface area contributed by atoms with E-state index in [0.29, 0.717) is 23.4 Å². The molecule has 1 nitrogen and oxygen atoms in total. The average Bonchev–Trinajstić information content (AvgIpc) is 2.77. The summed E-state index contributed by atoms with van der Waals surface area (Å²) in [7, 11) is 0. The van der Waals surface area contributed by atoms with Gasteiger partial charge in [0.15, 0.2) is 0 Å². The molecule has 0 amide bonds. The first-order valence-electron chi connectivity index (χ1n) is 4.00. The van der Waals surface area contributed by atoms with Gasteiger partial charge in [0.05, 0.1) is 0 Å². The highest BCUT2D eigenvalue weighted by Crippen LogP contribution is 2.92. The fraction of sp³-hybridized carbons (Fsp3) is 1.00. The fourth-order valence-electron chi connectivity index (χ4n) is 2.92. The number of alkyl halides is 1. The molecule has 2 heteroatoms. The molecule has 4 atom stereocenters. The van der Waals surface area contributed by atoms with Crippen LogP contribution in [0, 0.1) is 16.7 Å². The van der Waals surface area contributed by atoms with Gasteiger partial charge in [0.25, 0.3) is 0 Å². The van der Waals surface area contributed by atoms with Crippen molar-refractivity contribution in [1.29, 1.82) is 0 Å². The van der Waals surface area contributed by atoms with Crippen LogP contribution in [0.1, 0.15) is 19.3 Å². The van der Waals surface area contributed by atoms with E-state index in [4.69, 9.17) is 5.11 Å². The molecule has 0 radical (unpaired) electrons. The summed E-state index contributed by atoms with van der Waals surface area (Å²) in [6.45, 7) is 0.432. The number of halogens is 1. The highest BCUT2D eigenvalue weighted by molar-refractivity contribution is 9.09. The van der Waals surface area contributed by atoms with Gasteiger partial charge in [0.1, 0.15) is 0 Å². The summed E-state index contributed by atoms with van der Waals surface area (Å²) in [5.74, 6) is 0.676. The minimum absolute atomic E-state index is 0.432. The molecule has 0 heterocycles. The Bertz CT molecular complexity index is 205. The Kier molecular flexibility index (Phi) is 0.803. The van der Waals surface area contributed by atoms with E-state index in [9.17, 15) is 0 Å². The molecule has 3 aliphatic carbocycles. The maximum atomic E-state index is 8.91. The predicted molar refractivity (Wildman–Crippen MR) is 42.0 cm³/mol. The van der Waals surface area contributed by atoms with Crippen molar-refractivity contribution >= 4 is 15.9 Å². The number of aliphatic hydroxyl groups is 1. The van der Waals surface area contributed by atoms with Gasteiger partial charge in [-0.1, -0.05) is 15.9 Å². The molecule has 3 fully saturated rings. The van der Waals surface area contributed by atoms with E-state index < -0.39 is 0 Å². The van der Waals surface area contributed by atoms with Gasteiger partial charge in [-0.2, -0.15) is 0 Å². The summed E-state index contributed by atoms with van der Waals surface area (Å²) >= 11 is 3.66. The Morgan fingerprint density at radius 3 is 2.40 bits per heavy atom. The summed E-state index contributed by atoms with van der Waals surface area (Å²) in [6.07, 6.45) is 4.09. The van der Waals surface area contributed by atoms with Crippen molar-refractivity contribution < 1.29 is 5.11 Å². The molecule has 56 valence electrons. The van der Waals surface area contributed by atoms with E-state index in [2.05, 4.69) is 15.9 Å². The van der Waals surface area contributed by atoms with Gasteiger partial charge in [0, 0.05) is 11.4 Å². The van der Waals surface area contributed by atoms with Crippen LogP contribution in [-0.4, -0.2) is 16.5 Å². The molecular weight excluding hydrogens is 192 g/mol. The Hall–Kier alpha value is 0.440. The van der Waals surface area contributed by atoms with Crippen LogP contribution in [0.3, 0.4) is 0 Å². The summed E-state index contributed by atoms with van der Waals surface area (Å²) in [6, 6.07) is 0. The summed E-state index contributed by atoms with van der Waals surface area (Å²) in [4.78, 5) is 0.802. The molecule has 0 aliphatic heterocycles. The lowest BCUT2D eigenvalue weighted by Gasteiger charge is -1.88. The maximum Gasteiger partial charge on any atom is 0.0465 e. The SMILES string of the molecule is OCC1CC12CC21CC1Br. The first-order valence-corrected chi connectivity index (χ1v) is 4.92. The van der Waals surface area contributed by atoms with Crippen molar-refractivity contribution in [3.63, 3.8) is 0 Å². The maximum absolute atomic E-state index is 8.91. The zero-order chi connectivity index (χ0) is 6.98. The van der Waals surface area contributed by atoms with Gasteiger partial charge >= 0.3 is 0 Å². The second kappa shape index (κ2) is 1.34. The lowest BCUT2D eigenvalue weighted by atomic mass is 10.2. The van der Waals surface area contributed by atoms with E-state index in [1.54, 1.807) is 0 Å². The van der Waals surface area contributed by atoms with Gasteiger partial charge in [0.2, 0.25) is 0 Å². The summed E-state index contributed by atoms with van der Waals surface area (Å²) in [5.41, 5.74) is 1.34. The first-order chi connectivity index (χ1) is 4.75. The Morgan fingerprint density at radius 2 is 2.10 bits per heavy atom. The average molecular weight is 203 g/mol. The molecule has 0 aromatic carbocycles. The third kappa shape index (κ3) is 0.418. The molecule has 0 aromatic rings. The lowest BCUT2D eigenvalue weighted by molar-refractivity contribution is 0.264. The fourth-order valence-corrected chi connectivity index (χ4v) is 4.12. The number of hydrogen-bond acceptors (Lipinski definition) is 1. The first kappa shape index (κ1) is 6.01. The van der Waals surface area contributed by atoms with Crippen molar-refractivity contribution in [2.75, 3.05) is 6.61 Å². The molecule has 0 bridgehead atoms. The Labute approximate surface area is 68.9 Å². The molecule has 1 N–H and O–H groups in total. The topological polar surface area (TPSA) is 20.2 Å². The van der Waals surface area contributed by atoms with Crippen LogP contribution in [-0.2, 0) is 0 Å². The van der Waals surface area contributed by atoms with Gasteiger partial charge < -0.3 is 5.11 Å². The van der Waals surface area contributed by atoms with Crippen molar-refractivity contribution in [3.8, 4) is 0 Å². The van der Waals surface area contributed by atoms with Crippen LogP contribution < -0.4 is 0 Å². The van der Waals surface area contributed by atoms with Crippen LogP contribution in [0.15, 0.2) is 0 Å². The highest BCUT2D eigenvalue weighted by Gasteiger charge is 2.87. The number of hydrogen-bond donors (Lipinski definition) is 1. The van der Waals surface area contributed by atoms with Crippen molar-refractivity contribution in [1.82, 2.24) is 0 Å². The van der Waals surface area contributed by atoms with Crippen molar-refractivity contribution in [2.24, 2.45) is 16.7 Å². The molecule has 10 heavy (non-hydrogen) atoms. The van der Waals surface area contributed by atoms with Crippen molar-refractivity contribution in [2.45, 2.75) is 24.1 Å². The minimum atomic E-state index is 0.432. The molecule has 4 unspecified atom stereocenters. The monoisotopic (exact) mass is 202 g/mol. The van der Waals surface area contributed by atoms with Crippen LogP contribution in [0.4, 0.5) is 0 Å². The quantitative estimate of drug-likeness (QED) is 0.641. The van der Waals surface area contributed by atoms with Crippen molar-refractivity contribution in [3.05, 3.63) is 0 Å². The number of rotatable bonds is 1. The number of aliphatic hydroxyl groups excluding tert-OH is 1. The van der Waals surface area contributed by atoms with Gasteiger partial charge in [-0.25, -0.2) is 0 Å². The standard InChI is InChI=1S/C8H11BrO/c9-6-2-8(6)4-7(8)1-5(7)3-10/h5-6,10H,1-4H2. The summed E-state index contributed by atoms with van der Waals surface area (Å²) < 4.78 is 0. The second-order valence-electron chi connectivity index (χ2n) is 4.24. The second-order valence-corrected chi connectivity index (χ2v) is 5.35. The lowest BCUT2D eigenvalue weighted by Crippen LogP contribution is -1.91.